The van der Waals surface area contributed by atoms with Gasteiger partial charge in [-0.3, -0.25) is 0 Å². The van der Waals surface area contributed by atoms with Gasteiger partial charge in [-0.1, -0.05) is 35.9 Å². The van der Waals surface area contributed by atoms with Crippen molar-refractivity contribution < 1.29 is 0 Å². The molecule has 0 amide bonds. The van der Waals surface area contributed by atoms with Gasteiger partial charge in [0.15, 0.2) is 5.17 Å². The molecule has 19 heavy (non-hydrogen) atoms. The number of amidine groups is 1. The lowest BCUT2D eigenvalue weighted by Crippen LogP contribution is -2.33. The molecule has 0 bridgehead atoms. The zero-order valence-electron chi connectivity index (χ0n) is 11.2. The van der Waals surface area contributed by atoms with Gasteiger partial charge in [0.25, 0.3) is 0 Å². The SMILES string of the molecule is Cc1c(Cl)cccc1N=C1SCCN1CC1CCC1. The van der Waals surface area contributed by atoms with E-state index in [0.717, 1.165) is 34.5 Å². The molecule has 4 heteroatoms. The van der Waals surface area contributed by atoms with Crippen molar-refractivity contribution in [2.75, 3.05) is 18.8 Å². The molecule has 1 aromatic rings. The second-order valence-electron chi connectivity index (χ2n) is 5.37. The molecule has 0 atom stereocenters. The smallest absolute Gasteiger partial charge is 0.164 e. The van der Waals surface area contributed by atoms with Gasteiger partial charge in [0.2, 0.25) is 0 Å². The summed E-state index contributed by atoms with van der Waals surface area (Å²) in [5.74, 6) is 2.05. The number of rotatable bonds is 3. The van der Waals surface area contributed by atoms with Gasteiger partial charge >= 0.3 is 0 Å². The van der Waals surface area contributed by atoms with Crippen LogP contribution in [0.4, 0.5) is 5.69 Å². The van der Waals surface area contributed by atoms with Crippen LogP contribution in [-0.4, -0.2) is 28.9 Å². The molecular weight excluding hydrogens is 276 g/mol. The maximum Gasteiger partial charge on any atom is 0.164 e. The van der Waals surface area contributed by atoms with Gasteiger partial charge < -0.3 is 4.90 Å². The van der Waals surface area contributed by atoms with Crippen molar-refractivity contribution in [3.63, 3.8) is 0 Å². The van der Waals surface area contributed by atoms with Crippen LogP contribution in [0, 0.1) is 12.8 Å². The lowest BCUT2D eigenvalue weighted by molar-refractivity contribution is 0.250. The normalized spacial score (nSPS) is 22.0. The molecule has 2 nitrogen and oxygen atoms in total. The van der Waals surface area contributed by atoms with Gasteiger partial charge in [-0.05, 0) is 43.4 Å². The summed E-state index contributed by atoms with van der Waals surface area (Å²) in [5, 5.41) is 1.98. The van der Waals surface area contributed by atoms with Crippen molar-refractivity contribution in [2.45, 2.75) is 26.2 Å². The lowest BCUT2D eigenvalue weighted by Gasteiger charge is -2.30. The lowest BCUT2D eigenvalue weighted by atomic mass is 9.85. The Morgan fingerprint density at radius 3 is 3.00 bits per heavy atom. The molecule has 102 valence electrons. The van der Waals surface area contributed by atoms with Crippen molar-refractivity contribution in [1.82, 2.24) is 4.90 Å². The quantitative estimate of drug-likeness (QED) is 0.816. The molecule has 1 heterocycles. The van der Waals surface area contributed by atoms with Crippen LogP contribution in [0.15, 0.2) is 23.2 Å². The van der Waals surface area contributed by atoms with Gasteiger partial charge in [-0.2, -0.15) is 0 Å². The summed E-state index contributed by atoms with van der Waals surface area (Å²) in [6.07, 6.45) is 4.20. The Bertz CT molecular complexity index is 497. The standard InChI is InChI=1S/C15H19ClN2S/c1-11-13(16)6-3-7-14(11)17-15-18(8-9-19-15)10-12-4-2-5-12/h3,6-7,12H,2,4-5,8-10H2,1H3. The Kier molecular flexibility index (Phi) is 4.04. The summed E-state index contributed by atoms with van der Waals surface area (Å²) in [6.45, 7) is 4.36. The molecule has 0 N–H and O–H groups in total. The maximum atomic E-state index is 6.16. The minimum Gasteiger partial charge on any atom is -0.350 e. The van der Waals surface area contributed by atoms with Crippen LogP contribution in [0.5, 0.6) is 0 Å². The van der Waals surface area contributed by atoms with E-state index in [2.05, 4.69) is 11.0 Å². The van der Waals surface area contributed by atoms with E-state index in [-0.39, 0.29) is 0 Å². The van der Waals surface area contributed by atoms with Crippen molar-refractivity contribution in [2.24, 2.45) is 10.9 Å². The summed E-state index contributed by atoms with van der Waals surface area (Å²) < 4.78 is 0. The molecule has 1 aliphatic heterocycles. The third kappa shape index (κ3) is 2.92. The number of thioether (sulfide) groups is 1. The Morgan fingerprint density at radius 1 is 1.42 bits per heavy atom. The topological polar surface area (TPSA) is 15.6 Å². The average Bonchev–Trinajstić information content (AvgIpc) is 2.77. The van der Waals surface area contributed by atoms with Crippen LogP contribution < -0.4 is 0 Å². The Morgan fingerprint density at radius 2 is 2.26 bits per heavy atom. The second-order valence-corrected chi connectivity index (χ2v) is 6.84. The van der Waals surface area contributed by atoms with Crippen LogP contribution in [0.2, 0.25) is 5.02 Å². The fourth-order valence-corrected chi connectivity index (χ4v) is 3.69. The van der Waals surface area contributed by atoms with E-state index in [9.17, 15) is 0 Å². The molecule has 0 aromatic heterocycles. The van der Waals surface area contributed by atoms with Crippen LogP contribution >= 0.6 is 23.4 Å². The van der Waals surface area contributed by atoms with Gasteiger partial charge in [0.05, 0.1) is 5.69 Å². The van der Waals surface area contributed by atoms with Gasteiger partial charge in [-0.15, -0.1) is 0 Å². The molecule has 0 spiro atoms. The summed E-state index contributed by atoms with van der Waals surface area (Å²) in [7, 11) is 0. The minimum atomic E-state index is 0.801. The highest BCUT2D eigenvalue weighted by molar-refractivity contribution is 8.14. The summed E-state index contributed by atoms with van der Waals surface area (Å²) >= 11 is 8.03. The van der Waals surface area contributed by atoms with Crippen LogP contribution in [0.1, 0.15) is 24.8 Å². The molecule has 1 saturated heterocycles. The molecular formula is C15H19ClN2S. The number of benzene rings is 1. The van der Waals surface area contributed by atoms with Gasteiger partial charge in [-0.25, -0.2) is 4.99 Å². The highest BCUT2D eigenvalue weighted by Crippen LogP contribution is 2.32. The molecule has 2 fully saturated rings. The molecule has 3 rings (SSSR count). The summed E-state index contributed by atoms with van der Waals surface area (Å²) in [6, 6.07) is 5.95. The number of halogens is 1. The first kappa shape index (κ1) is 13.3. The minimum absolute atomic E-state index is 0.801. The van der Waals surface area contributed by atoms with Crippen LogP contribution in [0.3, 0.4) is 0 Å². The molecule has 1 aliphatic carbocycles. The zero-order valence-corrected chi connectivity index (χ0v) is 12.8. The first-order valence-corrected chi connectivity index (χ1v) is 8.32. The largest absolute Gasteiger partial charge is 0.350 e. The number of nitrogens with zero attached hydrogens (tertiary/aromatic N) is 2. The second kappa shape index (κ2) is 5.76. The van der Waals surface area contributed by atoms with E-state index in [1.165, 1.54) is 31.0 Å². The molecule has 0 unspecified atom stereocenters. The predicted molar refractivity (Wildman–Crippen MR) is 84.7 cm³/mol. The van der Waals surface area contributed by atoms with E-state index in [0.29, 0.717) is 0 Å². The summed E-state index contributed by atoms with van der Waals surface area (Å²) in [4.78, 5) is 7.29. The van der Waals surface area contributed by atoms with E-state index < -0.39 is 0 Å². The van der Waals surface area contributed by atoms with Crippen LogP contribution in [0.25, 0.3) is 0 Å². The monoisotopic (exact) mass is 294 g/mol. The number of hydrogen-bond donors (Lipinski definition) is 0. The fraction of sp³-hybridized carbons (Fsp3) is 0.533. The molecule has 2 aliphatic rings. The van der Waals surface area contributed by atoms with E-state index in [4.69, 9.17) is 16.6 Å². The first-order chi connectivity index (χ1) is 9.24. The van der Waals surface area contributed by atoms with Crippen molar-refractivity contribution in [3.05, 3.63) is 28.8 Å². The number of hydrogen-bond acceptors (Lipinski definition) is 2. The Hall–Kier alpha value is -0.670. The number of aliphatic imine (C=N–C) groups is 1. The zero-order chi connectivity index (χ0) is 13.2. The molecule has 1 aromatic carbocycles. The van der Waals surface area contributed by atoms with Gasteiger partial charge in [0, 0.05) is 23.9 Å². The highest BCUT2D eigenvalue weighted by atomic mass is 35.5. The maximum absolute atomic E-state index is 6.16. The highest BCUT2D eigenvalue weighted by Gasteiger charge is 2.26. The van der Waals surface area contributed by atoms with Crippen LogP contribution in [-0.2, 0) is 0 Å². The first-order valence-electron chi connectivity index (χ1n) is 6.95. The van der Waals surface area contributed by atoms with Crippen molar-refractivity contribution >= 4 is 34.2 Å². The average molecular weight is 295 g/mol. The Balaban J connectivity index is 1.78. The van der Waals surface area contributed by atoms with Gasteiger partial charge in [0.1, 0.15) is 0 Å². The third-order valence-electron chi connectivity index (χ3n) is 4.02. The molecule has 1 saturated carbocycles. The Labute approximate surface area is 124 Å². The predicted octanol–water partition coefficient (Wildman–Crippen LogP) is 4.48. The summed E-state index contributed by atoms with van der Waals surface area (Å²) in [5.41, 5.74) is 2.09. The third-order valence-corrected chi connectivity index (χ3v) is 5.43. The van der Waals surface area contributed by atoms with E-state index >= 15 is 0 Å². The van der Waals surface area contributed by atoms with Crippen molar-refractivity contribution in [1.29, 1.82) is 0 Å². The van der Waals surface area contributed by atoms with Crippen molar-refractivity contribution in [3.8, 4) is 0 Å². The molecule has 0 radical (unpaired) electrons. The van der Waals surface area contributed by atoms with E-state index in [1.54, 1.807) is 0 Å². The van der Waals surface area contributed by atoms with E-state index in [1.807, 2.05) is 30.8 Å². The fourth-order valence-electron chi connectivity index (χ4n) is 2.51.